The van der Waals surface area contributed by atoms with E-state index in [2.05, 4.69) is 14.5 Å². The maximum atomic E-state index is 13.1. The minimum Gasteiger partial charge on any atom is -0.364 e. The molecule has 29 heavy (non-hydrogen) atoms. The second kappa shape index (κ2) is 7.15. The van der Waals surface area contributed by atoms with Crippen LogP contribution in [0.4, 0.5) is 0 Å². The van der Waals surface area contributed by atoms with Gasteiger partial charge in [0.15, 0.2) is 0 Å². The van der Waals surface area contributed by atoms with Crippen molar-refractivity contribution < 1.29 is 9.59 Å². The predicted molar refractivity (Wildman–Crippen MR) is 112 cm³/mol. The number of primary amides is 1. The minimum absolute atomic E-state index is 0.0887. The van der Waals surface area contributed by atoms with Gasteiger partial charge in [-0.2, -0.15) is 11.3 Å². The van der Waals surface area contributed by atoms with E-state index >= 15 is 0 Å². The lowest BCUT2D eigenvalue weighted by atomic mass is 10.1. The molecule has 2 aromatic heterocycles. The van der Waals surface area contributed by atoms with E-state index in [-0.39, 0.29) is 18.0 Å². The number of carbonyl (C=O) groups excluding carboxylic acids is 2. The Hall–Kier alpha value is -2.93. The molecule has 0 spiro atoms. The summed E-state index contributed by atoms with van der Waals surface area (Å²) >= 11 is 1.61. The van der Waals surface area contributed by atoms with Gasteiger partial charge < -0.3 is 15.2 Å². The number of thiophene rings is 1. The Morgan fingerprint density at radius 2 is 1.93 bits per heavy atom. The quantitative estimate of drug-likeness (QED) is 0.723. The molecule has 1 aromatic carbocycles. The highest BCUT2D eigenvalue weighted by Crippen LogP contribution is 2.36. The Kier molecular flexibility index (Phi) is 4.47. The molecular weight excluding hydrogens is 384 g/mol. The summed E-state index contributed by atoms with van der Waals surface area (Å²) in [5.41, 5.74) is 8.88. The molecule has 1 fully saturated rings. The number of nitrogens with two attached hydrogens (primary N) is 1. The van der Waals surface area contributed by atoms with Crippen LogP contribution in [-0.4, -0.2) is 38.3 Å². The Balaban J connectivity index is 1.53. The van der Waals surface area contributed by atoms with E-state index in [1.165, 1.54) is 0 Å². The topological polar surface area (TPSA) is 81.2 Å². The fraction of sp³-hybridized carbons (Fsp3) is 0.318. The van der Waals surface area contributed by atoms with Crippen LogP contribution in [-0.2, 0) is 24.2 Å². The van der Waals surface area contributed by atoms with E-state index in [1.54, 1.807) is 11.3 Å². The monoisotopic (exact) mass is 406 g/mol. The van der Waals surface area contributed by atoms with Gasteiger partial charge in [-0.3, -0.25) is 9.59 Å². The second-order valence-corrected chi connectivity index (χ2v) is 8.55. The third kappa shape index (κ3) is 3.15. The summed E-state index contributed by atoms with van der Waals surface area (Å²) in [7, 11) is 0. The summed E-state index contributed by atoms with van der Waals surface area (Å²) in [6.07, 6.45) is 2.96. The van der Waals surface area contributed by atoms with Crippen LogP contribution in [0.15, 0.2) is 47.2 Å². The van der Waals surface area contributed by atoms with Crippen LogP contribution in [0.2, 0.25) is 0 Å². The Morgan fingerprint density at radius 1 is 1.14 bits per heavy atom. The lowest BCUT2D eigenvalue weighted by Crippen LogP contribution is -2.42. The summed E-state index contributed by atoms with van der Waals surface area (Å²) in [5.74, 6) is 0.411. The number of carbonyl (C=O) groups is 2. The summed E-state index contributed by atoms with van der Waals surface area (Å²) < 4.78 is 2.12. The van der Waals surface area contributed by atoms with E-state index in [0.29, 0.717) is 25.1 Å². The third-order valence-corrected chi connectivity index (χ3v) is 6.74. The number of imidazole rings is 1. The first kappa shape index (κ1) is 18.1. The zero-order valence-electron chi connectivity index (χ0n) is 16.0. The van der Waals surface area contributed by atoms with Crippen molar-refractivity contribution in [2.45, 2.75) is 44.3 Å². The highest BCUT2D eigenvalue weighted by Gasteiger charge is 2.41. The van der Waals surface area contributed by atoms with Crippen molar-refractivity contribution >= 4 is 23.2 Å². The fourth-order valence-corrected chi connectivity index (χ4v) is 5.40. The average Bonchev–Trinajstić information content (AvgIpc) is 3.40. The molecule has 7 heteroatoms. The third-order valence-electron chi connectivity index (χ3n) is 6.00. The maximum absolute atomic E-state index is 13.1. The van der Waals surface area contributed by atoms with Crippen molar-refractivity contribution in [2.75, 3.05) is 0 Å². The summed E-state index contributed by atoms with van der Waals surface area (Å²) in [6.45, 7) is 0.645. The Labute approximate surface area is 173 Å². The van der Waals surface area contributed by atoms with Crippen molar-refractivity contribution in [3.63, 3.8) is 0 Å². The van der Waals surface area contributed by atoms with Crippen molar-refractivity contribution in [1.82, 2.24) is 14.5 Å². The lowest BCUT2D eigenvalue weighted by Gasteiger charge is -2.28. The Bertz CT molecular complexity index is 1060. The largest absolute Gasteiger partial charge is 0.364 e. The average molecular weight is 407 g/mol. The van der Waals surface area contributed by atoms with E-state index in [4.69, 9.17) is 5.73 Å². The smallest absolute Gasteiger partial charge is 0.269 e. The molecule has 2 aliphatic rings. The van der Waals surface area contributed by atoms with Crippen molar-refractivity contribution in [3.05, 3.63) is 64.1 Å². The standard InChI is InChI=1S/C22H22N4O2S/c23-21(28)20-18-11-16-6-7-17(26(16)19(27)10-14-8-9-29-13-14)12-25(18)22(24-20)15-4-2-1-3-5-15/h1-5,8-9,13,16-17H,6-7,10-12H2,(H2,23,28). The first-order chi connectivity index (χ1) is 14.1. The number of hydrogen-bond donors (Lipinski definition) is 1. The number of aromatic nitrogens is 2. The van der Waals surface area contributed by atoms with Gasteiger partial charge in [-0.15, -0.1) is 0 Å². The molecule has 2 bridgehead atoms. The first-order valence-electron chi connectivity index (χ1n) is 9.88. The molecule has 5 rings (SSSR count). The molecule has 3 aromatic rings. The SMILES string of the molecule is NC(=O)c1nc(-c2ccccc2)n2c1CC1CCC(C2)N1C(=O)Cc1ccsc1. The molecule has 4 heterocycles. The van der Waals surface area contributed by atoms with Crippen LogP contribution in [0.5, 0.6) is 0 Å². The number of fused-ring (bicyclic) bond motifs is 3. The molecule has 2 aliphatic heterocycles. The molecule has 1 saturated heterocycles. The number of rotatable bonds is 4. The van der Waals surface area contributed by atoms with Gasteiger partial charge in [0, 0.05) is 24.6 Å². The van der Waals surface area contributed by atoms with Gasteiger partial charge in [-0.05, 0) is 35.2 Å². The number of hydrogen-bond acceptors (Lipinski definition) is 4. The summed E-state index contributed by atoms with van der Waals surface area (Å²) in [5, 5.41) is 4.03. The van der Waals surface area contributed by atoms with Gasteiger partial charge >= 0.3 is 0 Å². The molecule has 2 atom stereocenters. The second-order valence-electron chi connectivity index (χ2n) is 7.77. The number of amides is 2. The zero-order chi connectivity index (χ0) is 20.0. The van der Waals surface area contributed by atoms with E-state index in [1.807, 2.05) is 47.2 Å². The van der Waals surface area contributed by atoms with Gasteiger partial charge in [0.05, 0.1) is 18.2 Å². The lowest BCUT2D eigenvalue weighted by molar-refractivity contribution is -0.133. The number of benzene rings is 1. The van der Waals surface area contributed by atoms with Crippen LogP contribution in [0.3, 0.4) is 0 Å². The molecule has 148 valence electrons. The van der Waals surface area contributed by atoms with Crippen LogP contribution < -0.4 is 5.73 Å². The van der Waals surface area contributed by atoms with E-state index in [9.17, 15) is 9.59 Å². The molecule has 0 radical (unpaired) electrons. The van der Waals surface area contributed by atoms with Crippen LogP contribution in [0.25, 0.3) is 11.4 Å². The molecule has 0 saturated carbocycles. The van der Waals surface area contributed by atoms with Gasteiger partial charge in [-0.1, -0.05) is 30.3 Å². The summed E-state index contributed by atoms with van der Waals surface area (Å²) in [4.78, 5) is 31.9. The highest BCUT2D eigenvalue weighted by atomic mass is 32.1. The van der Waals surface area contributed by atoms with Gasteiger partial charge in [0.2, 0.25) is 5.91 Å². The molecular formula is C22H22N4O2S. The highest BCUT2D eigenvalue weighted by molar-refractivity contribution is 7.08. The Morgan fingerprint density at radius 3 is 2.66 bits per heavy atom. The van der Waals surface area contributed by atoms with E-state index in [0.717, 1.165) is 35.5 Å². The van der Waals surface area contributed by atoms with Crippen molar-refractivity contribution in [3.8, 4) is 11.4 Å². The molecule has 0 aliphatic carbocycles. The van der Waals surface area contributed by atoms with Gasteiger partial charge in [0.1, 0.15) is 11.5 Å². The predicted octanol–water partition coefficient (Wildman–Crippen LogP) is 2.87. The van der Waals surface area contributed by atoms with Crippen LogP contribution >= 0.6 is 11.3 Å². The number of nitrogens with zero attached hydrogens (tertiary/aromatic N) is 3. The molecule has 2 unspecified atom stereocenters. The normalized spacial score (nSPS) is 20.3. The van der Waals surface area contributed by atoms with E-state index < -0.39 is 5.91 Å². The van der Waals surface area contributed by atoms with Gasteiger partial charge in [-0.25, -0.2) is 4.98 Å². The first-order valence-corrected chi connectivity index (χ1v) is 10.8. The van der Waals surface area contributed by atoms with Crippen molar-refractivity contribution in [1.29, 1.82) is 0 Å². The van der Waals surface area contributed by atoms with Crippen LogP contribution in [0, 0.1) is 0 Å². The fourth-order valence-electron chi connectivity index (χ4n) is 4.74. The molecule has 6 nitrogen and oxygen atoms in total. The zero-order valence-corrected chi connectivity index (χ0v) is 16.8. The van der Waals surface area contributed by atoms with Crippen molar-refractivity contribution in [2.24, 2.45) is 5.73 Å². The van der Waals surface area contributed by atoms with Crippen LogP contribution in [0.1, 0.15) is 34.6 Å². The molecule has 2 amide bonds. The maximum Gasteiger partial charge on any atom is 0.269 e. The van der Waals surface area contributed by atoms with Gasteiger partial charge in [0.25, 0.3) is 5.91 Å². The molecule has 2 N–H and O–H groups in total. The minimum atomic E-state index is -0.509. The summed E-state index contributed by atoms with van der Waals surface area (Å²) in [6, 6.07) is 12.1.